The minimum Gasteiger partial charge on any atom is -0.484 e. The highest BCUT2D eigenvalue weighted by Gasteiger charge is 2.38. The molecule has 0 aliphatic heterocycles. The Kier molecular flexibility index (Phi) is 14.3. The van der Waals surface area contributed by atoms with Gasteiger partial charge >= 0.3 is 11.9 Å². The van der Waals surface area contributed by atoms with Crippen molar-refractivity contribution < 1.29 is 42.2 Å². The molecule has 4 aromatic carbocycles. The van der Waals surface area contributed by atoms with Crippen molar-refractivity contribution in [2.75, 3.05) is 19.8 Å². The predicted octanol–water partition coefficient (Wildman–Crippen LogP) is 7.66. The number of carbonyl (C=O) groups is 4. The lowest BCUT2D eigenvalue weighted by atomic mass is 9.82. The second kappa shape index (κ2) is 19.5. The number of aromatic nitrogens is 1. The van der Waals surface area contributed by atoms with Crippen LogP contribution in [0.3, 0.4) is 0 Å². The first-order chi connectivity index (χ1) is 27.3. The molecule has 1 N–H and O–H groups in total. The van der Waals surface area contributed by atoms with Gasteiger partial charge in [-0.05, 0) is 59.4 Å². The van der Waals surface area contributed by atoms with E-state index in [0.717, 1.165) is 29.3 Å². The smallest absolute Gasteiger partial charge is 0.329 e. The Morgan fingerprint density at radius 3 is 2.05 bits per heavy atom. The Morgan fingerprint density at radius 2 is 1.42 bits per heavy atom. The number of rotatable bonds is 17. The zero-order valence-electron chi connectivity index (χ0n) is 32.5. The highest BCUT2D eigenvalue weighted by atomic mass is 19.1. The van der Waals surface area contributed by atoms with Gasteiger partial charge in [-0.25, -0.2) is 13.6 Å². The van der Waals surface area contributed by atoms with Crippen molar-refractivity contribution in [3.8, 4) is 16.9 Å². The van der Waals surface area contributed by atoms with Crippen LogP contribution >= 0.6 is 0 Å². The van der Waals surface area contributed by atoms with Gasteiger partial charge < -0.3 is 29.0 Å². The van der Waals surface area contributed by atoms with Crippen molar-refractivity contribution in [2.45, 2.75) is 59.4 Å². The van der Waals surface area contributed by atoms with Gasteiger partial charge in [-0.3, -0.25) is 14.4 Å². The molecule has 298 valence electrons. The van der Waals surface area contributed by atoms with E-state index in [0.29, 0.717) is 23.6 Å². The highest BCUT2D eigenvalue weighted by molar-refractivity contribution is 5.85. The Labute approximate surface area is 331 Å². The maximum absolute atomic E-state index is 15.3. The van der Waals surface area contributed by atoms with Gasteiger partial charge in [0.2, 0.25) is 0 Å². The van der Waals surface area contributed by atoms with Crippen molar-refractivity contribution in [1.82, 2.24) is 14.8 Å². The lowest BCUT2D eigenvalue weighted by Gasteiger charge is -2.41. The minimum absolute atomic E-state index is 0.0372. The second-order valence-corrected chi connectivity index (χ2v) is 14.6. The maximum atomic E-state index is 15.3. The summed E-state index contributed by atoms with van der Waals surface area (Å²) >= 11 is 0. The third kappa shape index (κ3) is 12.1. The van der Waals surface area contributed by atoms with Gasteiger partial charge in [0.15, 0.2) is 13.2 Å². The molecule has 12 heteroatoms. The van der Waals surface area contributed by atoms with Gasteiger partial charge in [0.25, 0.3) is 11.8 Å². The summed E-state index contributed by atoms with van der Waals surface area (Å²) in [5, 5.41) is 2.72. The van der Waals surface area contributed by atoms with Crippen LogP contribution in [0.15, 0.2) is 121 Å². The first-order valence-electron chi connectivity index (χ1n) is 18.6. The third-order valence-electron chi connectivity index (χ3n) is 9.11. The van der Waals surface area contributed by atoms with E-state index < -0.39 is 66.1 Å². The molecular formula is C45H47F2N3O7. The van der Waals surface area contributed by atoms with Gasteiger partial charge in [-0.15, -0.1) is 0 Å². The summed E-state index contributed by atoms with van der Waals surface area (Å²) in [6.07, 6.45) is 1.61. The molecule has 57 heavy (non-hydrogen) atoms. The molecule has 0 aliphatic rings. The lowest BCUT2D eigenvalue weighted by molar-refractivity contribution is -0.153. The van der Waals surface area contributed by atoms with Crippen LogP contribution in [0.1, 0.15) is 57.0 Å². The summed E-state index contributed by atoms with van der Waals surface area (Å²) in [5.74, 6) is -3.35. The van der Waals surface area contributed by atoms with Crippen LogP contribution in [-0.2, 0) is 41.8 Å². The summed E-state index contributed by atoms with van der Waals surface area (Å²) in [5.41, 5.74) is 1.91. The average Bonchev–Trinajstić information content (AvgIpc) is 3.59. The number of halogens is 2. The van der Waals surface area contributed by atoms with E-state index in [1.54, 1.807) is 48.7 Å². The number of nitrogens with one attached hydrogen (secondary N) is 1. The van der Waals surface area contributed by atoms with Crippen LogP contribution in [0.4, 0.5) is 8.78 Å². The van der Waals surface area contributed by atoms with Crippen molar-refractivity contribution in [3.63, 3.8) is 0 Å². The molecule has 0 aliphatic carbocycles. The second-order valence-electron chi connectivity index (χ2n) is 14.6. The average molecular weight is 780 g/mol. The molecule has 1 heterocycles. The maximum Gasteiger partial charge on any atom is 0.329 e. The Bertz CT molecular complexity index is 2120. The number of nitrogens with zero attached hydrogens (tertiary/aromatic N) is 2. The van der Waals surface area contributed by atoms with Gasteiger partial charge in [-0.2, -0.15) is 0 Å². The van der Waals surface area contributed by atoms with Crippen molar-refractivity contribution in [3.05, 3.63) is 150 Å². The molecular weight excluding hydrogens is 733 g/mol. The molecule has 10 nitrogen and oxygen atoms in total. The van der Waals surface area contributed by atoms with Crippen molar-refractivity contribution in [2.24, 2.45) is 5.41 Å². The quantitative estimate of drug-likeness (QED) is 0.0965. The fourth-order valence-corrected chi connectivity index (χ4v) is 6.50. The molecule has 0 unspecified atom stereocenters. The molecule has 5 aromatic rings. The predicted molar refractivity (Wildman–Crippen MR) is 211 cm³/mol. The molecule has 0 radical (unpaired) electrons. The normalized spacial score (nSPS) is 12.2. The summed E-state index contributed by atoms with van der Waals surface area (Å²) < 4.78 is 48.1. The van der Waals surface area contributed by atoms with E-state index in [2.05, 4.69) is 5.32 Å². The molecule has 2 atom stereocenters. The van der Waals surface area contributed by atoms with E-state index in [9.17, 15) is 23.6 Å². The number of carbonyl (C=O) groups excluding carboxylic acids is 4. The third-order valence-corrected chi connectivity index (χ3v) is 9.11. The van der Waals surface area contributed by atoms with Crippen LogP contribution < -0.4 is 10.1 Å². The molecule has 0 saturated heterocycles. The molecule has 5 rings (SSSR count). The number of benzene rings is 4. The molecule has 0 bridgehead atoms. The van der Waals surface area contributed by atoms with E-state index in [1.807, 2.05) is 79.9 Å². The van der Waals surface area contributed by atoms with E-state index >= 15 is 4.39 Å². The van der Waals surface area contributed by atoms with Crippen LogP contribution in [0.2, 0.25) is 0 Å². The van der Waals surface area contributed by atoms with E-state index in [-0.39, 0.29) is 25.1 Å². The summed E-state index contributed by atoms with van der Waals surface area (Å²) in [6.45, 7) is 6.09. The number of ether oxygens (including phenoxy) is 3. The van der Waals surface area contributed by atoms with Gasteiger partial charge in [-0.1, -0.05) is 99.6 Å². The summed E-state index contributed by atoms with van der Waals surface area (Å²) in [7, 11) is 0. The lowest BCUT2D eigenvalue weighted by Crippen LogP contribution is -2.49. The SMILES string of the molecule is CC(=O)OCC(=O)N(CC[C@H](NC(=O)COc1ccccc1)C(=O)OCc1ccccc1)[C@@H](c1cc(-c2cc(F)ccc2F)cn1Cc1ccccc1)C(C)(C)C. The van der Waals surface area contributed by atoms with Crippen LogP contribution in [0.5, 0.6) is 5.75 Å². The fourth-order valence-electron chi connectivity index (χ4n) is 6.50. The van der Waals surface area contributed by atoms with E-state index in [4.69, 9.17) is 14.2 Å². The Morgan fingerprint density at radius 1 is 0.789 bits per heavy atom. The zero-order chi connectivity index (χ0) is 41.0. The van der Waals surface area contributed by atoms with Gasteiger partial charge in [0.1, 0.15) is 30.0 Å². The van der Waals surface area contributed by atoms with Gasteiger partial charge in [0, 0.05) is 43.0 Å². The van der Waals surface area contributed by atoms with Crippen LogP contribution in [-0.4, -0.2) is 59.0 Å². The number of para-hydroxylation sites is 1. The Hall–Kier alpha value is -6.30. The summed E-state index contributed by atoms with van der Waals surface area (Å²) in [4.78, 5) is 54.6. The minimum atomic E-state index is -1.22. The number of hydrogen-bond donors (Lipinski definition) is 1. The molecule has 0 saturated carbocycles. The van der Waals surface area contributed by atoms with E-state index in [1.165, 1.54) is 11.8 Å². The first-order valence-corrected chi connectivity index (χ1v) is 18.6. The number of esters is 2. The fraction of sp³-hybridized carbons (Fsp3) is 0.289. The highest BCUT2D eigenvalue weighted by Crippen LogP contribution is 2.41. The monoisotopic (exact) mass is 779 g/mol. The molecule has 0 fully saturated rings. The first kappa shape index (κ1) is 41.9. The summed E-state index contributed by atoms with van der Waals surface area (Å²) in [6, 6.07) is 30.2. The molecule has 2 amide bonds. The van der Waals surface area contributed by atoms with Crippen LogP contribution in [0.25, 0.3) is 11.1 Å². The zero-order valence-corrected chi connectivity index (χ0v) is 32.5. The number of amides is 2. The number of hydrogen-bond acceptors (Lipinski definition) is 7. The molecule has 1 aromatic heterocycles. The standard InChI is InChI=1S/C45H47F2N3O7/c1-31(51)55-30-42(53)50(23-22-39(44(54)57-28-33-16-10-6-11-17-33)48-41(52)29-56-36-18-12-7-13-19-36)43(45(2,3)4)40-24-34(37-25-35(46)20-21-38(37)47)27-49(40)26-32-14-8-5-9-15-32/h5-21,24-25,27,39,43H,22-23,26,28-30H2,1-4H3,(H,48,52)/t39-,43-/m0/s1. The van der Waals surface area contributed by atoms with Crippen molar-refractivity contribution >= 4 is 23.8 Å². The van der Waals surface area contributed by atoms with Gasteiger partial charge in [0.05, 0.1) is 6.04 Å². The molecule has 0 spiro atoms. The van der Waals surface area contributed by atoms with Crippen molar-refractivity contribution in [1.29, 1.82) is 0 Å². The van der Waals surface area contributed by atoms with Crippen LogP contribution in [0, 0.1) is 17.0 Å². The Balaban J connectivity index is 1.52. The largest absolute Gasteiger partial charge is 0.484 e. The topological polar surface area (TPSA) is 116 Å².